The molecule has 2 rings (SSSR count). The number of aromatic nitrogens is 1. The summed E-state index contributed by atoms with van der Waals surface area (Å²) in [5.74, 6) is 0.925. The predicted molar refractivity (Wildman–Crippen MR) is 71.7 cm³/mol. The molecule has 1 atom stereocenters. The van der Waals surface area contributed by atoms with Crippen molar-refractivity contribution in [2.75, 3.05) is 19.7 Å². The van der Waals surface area contributed by atoms with Gasteiger partial charge in [0.05, 0.1) is 0 Å². The summed E-state index contributed by atoms with van der Waals surface area (Å²) >= 11 is 1.38. The summed E-state index contributed by atoms with van der Waals surface area (Å²) in [6.07, 6.45) is 1.97. The normalized spacial score (nSPS) is 18.9. The first-order valence-corrected chi connectivity index (χ1v) is 7.22. The highest BCUT2D eigenvalue weighted by molar-refractivity contribution is 7.05. The van der Waals surface area contributed by atoms with Gasteiger partial charge in [0.2, 0.25) is 0 Å². The Labute approximate surface area is 112 Å². The standard InChI is InChI=1S/C13H20N2O2S/c1-9(8-16)11-3-5-15(6-4-11)13(17)12-7-10(2)18-14-12/h7,9,11,16H,3-6,8H2,1-2H3. The molecule has 1 amide bonds. The SMILES string of the molecule is Cc1cc(C(=O)N2CCC(C(C)CO)CC2)ns1. The summed E-state index contributed by atoms with van der Waals surface area (Å²) in [4.78, 5) is 15.1. The number of aryl methyl sites for hydroxylation is 1. The van der Waals surface area contributed by atoms with E-state index in [0.717, 1.165) is 30.8 Å². The van der Waals surface area contributed by atoms with E-state index in [4.69, 9.17) is 5.11 Å². The molecule has 1 fully saturated rings. The van der Waals surface area contributed by atoms with Crippen LogP contribution in [0.5, 0.6) is 0 Å². The van der Waals surface area contributed by atoms with Crippen LogP contribution in [0.25, 0.3) is 0 Å². The fourth-order valence-electron chi connectivity index (χ4n) is 2.45. The van der Waals surface area contributed by atoms with E-state index in [9.17, 15) is 4.79 Å². The Morgan fingerprint density at radius 1 is 1.61 bits per heavy atom. The Morgan fingerprint density at radius 3 is 2.78 bits per heavy atom. The summed E-state index contributed by atoms with van der Waals surface area (Å²) < 4.78 is 4.17. The third kappa shape index (κ3) is 2.90. The number of hydrogen-bond acceptors (Lipinski definition) is 4. The highest BCUT2D eigenvalue weighted by Gasteiger charge is 2.27. The molecule has 1 aliphatic rings. The Morgan fingerprint density at radius 2 is 2.28 bits per heavy atom. The molecule has 0 bridgehead atoms. The van der Waals surface area contributed by atoms with E-state index in [1.165, 1.54) is 11.5 Å². The van der Waals surface area contributed by atoms with Crippen molar-refractivity contribution < 1.29 is 9.90 Å². The van der Waals surface area contributed by atoms with Gasteiger partial charge in [0.1, 0.15) is 5.69 Å². The Bertz CT molecular complexity index is 411. The number of nitrogens with zero attached hydrogens (tertiary/aromatic N) is 2. The van der Waals surface area contributed by atoms with Crippen LogP contribution in [0.4, 0.5) is 0 Å². The molecule has 0 radical (unpaired) electrons. The highest BCUT2D eigenvalue weighted by Crippen LogP contribution is 2.25. The summed E-state index contributed by atoms with van der Waals surface area (Å²) in [5.41, 5.74) is 0.575. The Hall–Kier alpha value is -0.940. The first-order chi connectivity index (χ1) is 8.61. The third-order valence-corrected chi connectivity index (χ3v) is 4.46. The van der Waals surface area contributed by atoms with Crippen molar-refractivity contribution >= 4 is 17.4 Å². The lowest BCUT2D eigenvalue weighted by Crippen LogP contribution is -2.40. The molecular weight excluding hydrogens is 248 g/mol. The Kier molecular flexibility index (Phi) is 4.35. The van der Waals surface area contributed by atoms with Gasteiger partial charge in [-0.1, -0.05) is 6.92 Å². The minimum absolute atomic E-state index is 0.0504. The molecule has 1 N–H and O–H groups in total. The molecule has 0 aromatic carbocycles. The average Bonchev–Trinajstić information content (AvgIpc) is 2.84. The van der Waals surface area contributed by atoms with Crippen LogP contribution in [0.2, 0.25) is 0 Å². The van der Waals surface area contributed by atoms with Crippen LogP contribution in [-0.4, -0.2) is 40.0 Å². The second-order valence-corrected chi connectivity index (χ2v) is 6.12. The maximum atomic E-state index is 12.2. The zero-order chi connectivity index (χ0) is 13.1. The molecule has 1 saturated heterocycles. The molecule has 2 heterocycles. The predicted octanol–water partition coefficient (Wildman–Crippen LogP) is 1.93. The lowest BCUT2D eigenvalue weighted by molar-refractivity contribution is 0.0628. The smallest absolute Gasteiger partial charge is 0.273 e. The van der Waals surface area contributed by atoms with E-state index in [2.05, 4.69) is 11.3 Å². The number of aliphatic hydroxyl groups is 1. The van der Waals surface area contributed by atoms with E-state index >= 15 is 0 Å². The van der Waals surface area contributed by atoms with Crippen LogP contribution >= 0.6 is 11.5 Å². The van der Waals surface area contributed by atoms with Gasteiger partial charge >= 0.3 is 0 Å². The van der Waals surface area contributed by atoms with E-state index in [-0.39, 0.29) is 12.5 Å². The molecule has 4 nitrogen and oxygen atoms in total. The first kappa shape index (κ1) is 13.5. The maximum absolute atomic E-state index is 12.2. The van der Waals surface area contributed by atoms with Crippen LogP contribution in [0.3, 0.4) is 0 Å². The third-order valence-electron chi connectivity index (χ3n) is 3.77. The minimum atomic E-state index is 0.0504. The van der Waals surface area contributed by atoms with Crippen LogP contribution in [0.1, 0.15) is 35.1 Å². The fourth-order valence-corrected chi connectivity index (χ4v) is 2.99. The number of hydrogen-bond donors (Lipinski definition) is 1. The molecule has 0 spiro atoms. The van der Waals surface area contributed by atoms with Crippen molar-refractivity contribution in [3.05, 3.63) is 16.6 Å². The van der Waals surface area contributed by atoms with E-state index in [1.54, 1.807) is 0 Å². The number of carbonyl (C=O) groups is 1. The molecule has 0 aliphatic carbocycles. The van der Waals surface area contributed by atoms with E-state index in [0.29, 0.717) is 17.5 Å². The number of piperidine rings is 1. The summed E-state index contributed by atoms with van der Waals surface area (Å²) in [6.45, 7) is 5.84. The van der Waals surface area contributed by atoms with Crippen molar-refractivity contribution in [3.8, 4) is 0 Å². The van der Waals surface area contributed by atoms with Gasteiger partial charge in [-0.05, 0) is 49.2 Å². The van der Waals surface area contributed by atoms with Gasteiger partial charge in [-0.3, -0.25) is 4.79 Å². The van der Waals surface area contributed by atoms with Crippen molar-refractivity contribution in [2.24, 2.45) is 11.8 Å². The second kappa shape index (κ2) is 5.80. The quantitative estimate of drug-likeness (QED) is 0.911. The van der Waals surface area contributed by atoms with Gasteiger partial charge in [-0.15, -0.1) is 0 Å². The number of carbonyl (C=O) groups excluding carboxylic acids is 1. The number of aliphatic hydroxyl groups excluding tert-OH is 1. The molecule has 5 heteroatoms. The fraction of sp³-hybridized carbons (Fsp3) is 0.692. The largest absolute Gasteiger partial charge is 0.396 e. The monoisotopic (exact) mass is 268 g/mol. The molecule has 1 aliphatic heterocycles. The van der Waals surface area contributed by atoms with Crippen molar-refractivity contribution in [3.63, 3.8) is 0 Å². The highest BCUT2D eigenvalue weighted by atomic mass is 32.1. The van der Waals surface area contributed by atoms with Gasteiger partial charge in [0.25, 0.3) is 5.91 Å². The number of amides is 1. The van der Waals surface area contributed by atoms with Crippen LogP contribution in [-0.2, 0) is 0 Å². The average molecular weight is 268 g/mol. The van der Waals surface area contributed by atoms with Gasteiger partial charge in [-0.2, -0.15) is 4.37 Å². The van der Waals surface area contributed by atoms with Crippen molar-refractivity contribution in [1.82, 2.24) is 9.27 Å². The van der Waals surface area contributed by atoms with Gasteiger partial charge in [0.15, 0.2) is 0 Å². The minimum Gasteiger partial charge on any atom is -0.396 e. The molecule has 1 aromatic heterocycles. The maximum Gasteiger partial charge on any atom is 0.273 e. The second-order valence-electron chi connectivity index (χ2n) is 5.11. The van der Waals surface area contributed by atoms with Crippen LogP contribution < -0.4 is 0 Å². The Balaban J connectivity index is 1.92. The van der Waals surface area contributed by atoms with Crippen molar-refractivity contribution in [1.29, 1.82) is 0 Å². The summed E-state index contributed by atoms with van der Waals surface area (Å²) in [7, 11) is 0. The lowest BCUT2D eigenvalue weighted by atomic mass is 9.86. The molecule has 0 saturated carbocycles. The summed E-state index contributed by atoms with van der Waals surface area (Å²) in [6, 6.07) is 1.86. The van der Waals surface area contributed by atoms with E-state index in [1.807, 2.05) is 17.9 Å². The number of rotatable bonds is 3. The topological polar surface area (TPSA) is 53.4 Å². The molecule has 18 heavy (non-hydrogen) atoms. The lowest BCUT2D eigenvalue weighted by Gasteiger charge is -2.34. The van der Waals surface area contributed by atoms with Crippen molar-refractivity contribution in [2.45, 2.75) is 26.7 Å². The zero-order valence-electron chi connectivity index (χ0n) is 10.9. The molecule has 1 aromatic rings. The molecule has 1 unspecified atom stereocenters. The van der Waals surface area contributed by atoms with Crippen LogP contribution in [0.15, 0.2) is 6.07 Å². The van der Waals surface area contributed by atoms with Gasteiger partial charge < -0.3 is 10.0 Å². The number of likely N-dealkylation sites (tertiary alicyclic amines) is 1. The zero-order valence-corrected chi connectivity index (χ0v) is 11.7. The van der Waals surface area contributed by atoms with Crippen LogP contribution in [0, 0.1) is 18.8 Å². The first-order valence-electron chi connectivity index (χ1n) is 6.45. The molecule has 100 valence electrons. The van der Waals surface area contributed by atoms with Gasteiger partial charge in [-0.25, -0.2) is 0 Å². The van der Waals surface area contributed by atoms with E-state index < -0.39 is 0 Å². The van der Waals surface area contributed by atoms with Gasteiger partial charge in [0, 0.05) is 24.6 Å². The molecular formula is C13H20N2O2S. The summed E-state index contributed by atoms with van der Waals surface area (Å²) in [5, 5.41) is 9.15.